The zero-order chi connectivity index (χ0) is 21.3. The summed E-state index contributed by atoms with van der Waals surface area (Å²) >= 11 is 2.91. The first-order chi connectivity index (χ1) is 12.8. The van der Waals surface area contributed by atoms with Gasteiger partial charge in [-0.05, 0) is 46.1 Å². The summed E-state index contributed by atoms with van der Waals surface area (Å²) < 4.78 is 78.7. The molecule has 0 spiro atoms. The molecule has 1 aliphatic heterocycles. The van der Waals surface area contributed by atoms with Crippen LogP contribution in [0.2, 0.25) is 0 Å². The fourth-order valence-corrected chi connectivity index (χ4v) is 2.65. The van der Waals surface area contributed by atoms with Crippen LogP contribution in [-0.2, 0) is 17.1 Å². The lowest BCUT2D eigenvalue weighted by Gasteiger charge is -2.18. The van der Waals surface area contributed by atoms with Crippen LogP contribution in [0.5, 0.6) is 0 Å². The number of nitrogens with zero attached hydrogens (tertiary/aromatic N) is 2. The molecule has 0 fully saturated rings. The van der Waals surface area contributed by atoms with Gasteiger partial charge in [0.25, 0.3) is 5.91 Å². The first kappa shape index (κ1) is 22.0. The summed E-state index contributed by atoms with van der Waals surface area (Å²) in [5, 5.41) is 5.21. The number of hydrazone groups is 1. The Kier molecular flexibility index (Phi) is 6.27. The van der Waals surface area contributed by atoms with E-state index in [9.17, 15) is 31.1 Å². The smallest absolute Gasteiger partial charge is 0.365 e. The van der Waals surface area contributed by atoms with Crippen molar-refractivity contribution in [3.8, 4) is 0 Å². The van der Waals surface area contributed by atoms with Crippen molar-refractivity contribution in [1.29, 1.82) is 0 Å². The van der Waals surface area contributed by atoms with Crippen molar-refractivity contribution in [2.45, 2.75) is 25.7 Å². The van der Waals surface area contributed by atoms with E-state index in [0.29, 0.717) is 18.6 Å². The van der Waals surface area contributed by atoms with Crippen LogP contribution < -0.4 is 5.73 Å². The fourth-order valence-electron chi connectivity index (χ4n) is 2.44. The van der Waals surface area contributed by atoms with Gasteiger partial charge < -0.3 is 5.73 Å². The molecule has 0 saturated carbocycles. The van der Waals surface area contributed by atoms with Crippen LogP contribution in [0, 0.1) is 5.92 Å². The van der Waals surface area contributed by atoms with Crippen LogP contribution in [0.4, 0.5) is 26.3 Å². The molecule has 2 rings (SSSR count). The number of alkyl halides is 6. The fraction of sp³-hybridized carbons (Fsp3) is 0.294. The third-order valence-electron chi connectivity index (χ3n) is 3.80. The normalized spacial score (nSPS) is 18.7. The summed E-state index contributed by atoms with van der Waals surface area (Å²) in [6.45, 7) is 1.62. The number of hydrogen-bond donors (Lipinski definition) is 1. The zero-order valence-electron chi connectivity index (χ0n) is 14.3. The number of allylic oxidation sites excluding steroid dienone is 1. The van der Waals surface area contributed by atoms with Crippen LogP contribution in [-0.4, -0.2) is 16.6 Å². The molecule has 0 bridgehead atoms. The average molecular weight is 470 g/mol. The number of carbonyl (C=O) groups excluding carboxylic acids is 1. The molecule has 0 radical (unpaired) electrons. The lowest BCUT2D eigenvalue weighted by Crippen LogP contribution is -2.19. The topological polar surface area (TPSA) is 58.7 Å². The standard InChI is InChI=1S/C17H14BrF6N3O/c1-9-3-2-4-27(8-13(18)15(25)28)26-14(9)10-5-11(16(19,20)21)7-12(6-10)17(22,23)24/h2,4-9H,3H2,1H3,(H2,25,28)/b13-8-. The highest BCUT2D eigenvalue weighted by molar-refractivity contribution is 9.12. The Hall–Kier alpha value is -2.30. The Morgan fingerprint density at radius 3 is 2.18 bits per heavy atom. The van der Waals surface area contributed by atoms with Crippen molar-refractivity contribution < 1.29 is 31.1 Å². The second-order valence-corrected chi connectivity index (χ2v) is 6.88. The molecule has 0 aliphatic carbocycles. The van der Waals surface area contributed by atoms with Gasteiger partial charge in [-0.3, -0.25) is 4.79 Å². The number of hydrogen-bond acceptors (Lipinski definition) is 3. The molecular weight excluding hydrogens is 456 g/mol. The quantitative estimate of drug-likeness (QED) is 0.499. The minimum absolute atomic E-state index is 0.00243. The van der Waals surface area contributed by atoms with Gasteiger partial charge in [0, 0.05) is 18.3 Å². The van der Waals surface area contributed by atoms with Gasteiger partial charge >= 0.3 is 12.4 Å². The first-order valence-electron chi connectivity index (χ1n) is 7.79. The van der Waals surface area contributed by atoms with Crippen molar-refractivity contribution in [1.82, 2.24) is 5.01 Å². The van der Waals surface area contributed by atoms with E-state index in [1.807, 2.05) is 0 Å². The minimum Gasteiger partial charge on any atom is -0.365 e. The van der Waals surface area contributed by atoms with Gasteiger partial charge in [0.2, 0.25) is 0 Å². The van der Waals surface area contributed by atoms with Gasteiger partial charge in [-0.15, -0.1) is 0 Å². The van der Waals surface area contributed by atoms with Gasteiger partial charge in [0.05, 0.1) is 16.8 Å². The Balaban J connectivity index is 2.64. The van der Waals surface area contributed by atoms with E-state index < -0.39 is 35.3 Å². The maximum absolute atomic E-state index is 13.1. The number of halogens is 7. The van der Waals surface area contributed by atoms with Crippen molar-refractivity contribution in [2.24, 2.45) is 16.8 Å². The molecular formula is C17H14BrF6N3O. The van der Waals surface area contributed by atoms with E-state index in [1.165, 1.54) is 6.20 Å². The van der Waals surface area contributed by atoms with E-state index in [1.54, 1.807) is 13.0 Å². The van der Waals surface area contributed by atoms with E-state index in [0.717, 1.165) is 11.2 Å². The number of carbonyl (C=O) groups is 1. The van der Waals surface area contributed by atoms with Gasteiger partial charge in [0.15, 0.2) is 0 Å². The lowest BCUT2D eigenvalue weighted by atomic mass is 9.93. The summed E-state index contributed by atoms with van der Waals surface area (Å²) in [4.78, 5) is 11.1. The van der Waals surface area contributed by atoms with E-state index >= 15 is 0 Å². The summed E-state index contributed by atoms with van der Waals surface area (Å²) in [6.07, 6.45) is -5.40. The third kappa shape index (κ3) is 5.37. The van der Waals surface area contributed by atoms with E-state index in [2.05, 4.69) is 21.0 Å². The molecule has 11 heteroatoms. The Labute approximate surface area is 164 Å². The van der Waals surface area contributed by atoms with Crippen molar-refractivity contribution in [2.75, 3.05) is 0 Å². The second-order valence-electron chi connectivity index (χ2n) is 6.02. The largest absolute Gasteiger partial charge is 0.416 e. The molecule has 28 heavy (non-hydrogen) atoms. The summed E-state index contributed by atoms with van der Waals surface area (Å²) in [5.41, 5.74) is 1.93. The molecule has 1 unspecified atom stereocenters. The van der Waals surface area contributed by atoms with E-state index in [4.69, 9.17) is 5.73 Å². The van der Waals surface area contributed by atoms with Crippen molar-refractivity contribution >= 4 is 27.5 Å². The Bertz CT molecular complexity index is 825. The highest BCUT2D eigenvalue weighted by atomic mass is 79.9. The predicted molar refractivity (Wildman–Crippen MR) is 93.9 cm³/mol. The van der Waals surface area contributed by atoms with Gasteiger partial charge in [0.1, 0.15) is 4.48 Å². The van der Waals surface area contributed by atoms with Crippen molar-refractivity contribution in [3.05, 3.63) is 57.8 Å². The number of primary amides is 1. The monoisotopic (exact) mass is 469 g/mol. The molecule has 1 atom stereocenters. The maximum atomic E-state index is 13.1. The molecule has 1 aliphatic rings. The van der Waals surface area contributed by atoms with Crippen LogP contribution in [0.1, 0.15) is 30.0 Å². The molecule has 4 nitrogen and oxygen atoms in total. The minimum atomic E-state index is -4.96. The summed E-state index contributed by atoms with van der Waals surface area (Å²) in [5.74, 6) is -1.30. The number of amides is 1. The van der Waals surface area contributed by atoms with Gasteiger partial charge in [-0.25, -0.2) is 5.01 Å². The average Bonchev–Trinajstić information content (AvgIpc) is 2.74. The van der Waals surface area contributed by atoms with E-state index in [-0.39, 0.29) is 21.8 Å². The van der Waals surface area contributed by atoms with Crippen LogP contribution >= 0.6 is 15.9 Å². The molecule has 1 aromatic carbocycles. The van der Waals surface area contributed by atoms with Gasteiger partial charge in [-0.1, -0.05) is 13.0 Å². The number of nitrogens with two attached hydrogens (primary N) is 1. The van der Waals surface area contributed by atoms with Crippen LogP contribution in [0.15, 0.2) is 46.3 Å². The lowest BCUT2D eigenvalue weighted by molar-refractivity contribution is -0.143. The second kappa shape index (κ2) is 7.98. The molecule has 0 saturated heterocycles. The Morgan fingerprint density at radius 1 is 1.18 bits per heavy atom. The SMILES string of the molecule is CC1CC=CN(/C=C(\Br)C(N)=O)N=C1c1cc(C(F)(F)F)cc(C(F)(F)F)c1. The van der Waals surface area contributed by atoms with Gasteiger partial charge in [-0.2, -0.15) is 31.4 Å². The van der Waals surface area contributed by atoms with Crippen LogP contribution in [0.25, 0.3) is 0 Å². The Morgan fingerprint density at radius 2 is 1.71 bits per heavy atom. The first-order valence-corrected chi connectivity index (χ1v) is 8.59. The maximum Gasteiger partial charge on any atom is 0.416 e. The number of rotatable bonds is 3. The summed E-state index contributed by atoms with van der Waals surface area (Å²) in [6, 6.07) is 1.31. The molecule has 1 aromatic rings. The number of benzene rings is 1. The van der Waals surface area contributed by atoms with Crippen LogP contribution in [0.3, 0.4) is 0 Å². The summed E-state index contributed by atoms with van der Waals surface area (Å²) in [7, 11) is 0. The molecule has 2 N–H and O–H groups in total. The zero-order valence-corrected chi connectivity index (χ0v) is 15.9. The third-order valence-corrected chi connectivity index (χ3v) is 4.40. The molecule has 152 valence electrons. The molecule has 1 amide bonds. The predicted octanol–water partition coefficient (Wildman–Crippen LogP) is 5.01. The molecule has 1 heterocycles. The molecule has 0 aromatic heterocycles. The van der Waals surface area contributed by atoms with Crippen molar-refractivity contribution in [3.63, 3.8) is 0 Å². The highest BCUT2D eigenvalue weighted by Crippen LogP contribution is 2.37. The highest BCUT2D eigenvalue weighted by Gasteiger charge is 2.37.